The van der Waals surface area contributed by atoms with Crippen molar-refractivity contribution < 1.29 is 28.8 Å². The van der Waals surface area contributed by atoms with Crippen molar-refractivity contribution in [2.45, 2.75) is 44.4 Å². The van der Waals surface area contributed by atoms with Crippen molar-refractivity contribution in [3.8, 4) is 11.1 Å². The average Bonchev–Trinajstić information content (AvgIpc) is 3.45. The molecule has 6 rings (SSSR count). The lowest BCUT2D eigenvalue weighted by Gasteiger charge is -2.30. The third-order valence-electron chi connectivity index (χ3n) is 8.55. The second-order valence-electron chi connectivity index (χ2n) is 11.0. The van der Waals surface area contributed by atoms with Gasteiger partial charge in [0.25, 0.3) is 11.8 Å². The third kappa shape index (κ3) is 5.34. The number of nitrogens with one attached hydrogen (secondary N) is 1. The van der Waals surface area contributed by atoms with Crippen LogP contribution >= 0.6 is 0 Å². The number of alkyl carbamates (subject to hydrolysis) is 1. The molecule has 0 spiro atoms. The fourth-order valence-electron chi connectivity index (χ4n) is 6.48. The highest BCUT2D eigenvalue weighted by Gasteiger charge is 2.39. The van der Waals surface area contributed by atoms with Crippen LogP contribution in [0.25, 0.3) is 11.1 Å². The van der Waals surface area contributed by atoms with Crippen LogP contribution in [0.15, 0.2) is 72.8 Å². The van der Waals surface area contributed by atoms with Gasteiger partial charge in [-0.15, -0.1) is 0 Å². The first-order chi connectivity index (χ1) is 20.0. The summed E-state index contributed by atoms with van der Waals surface area (Å²) in [5.41, 5.74) is 5.02. The number of rotatable bonds is 8. The molecule has 1 aliphatic heterocycles. The van der Waals surface area contributed by atoms with Crippen LogP contribution in [-0.2, 0) is 14.4 Å². The minimum absolute atomic E-state index is 0.0261. The molecule has 1 fully saturated rings. The molecular formula is C33H32N2O6. The maximum absolute atomic E-state index is 13.0. The molecule has 3 aromatic carbocycles. The topological polar surface area (TPSA) is 102 Å². The average molecular weight is 553 g/mol. The van der Waals surface area contributed by atoms with Crippen molar-refractivity contribution >= 4 is 23.9 Å². The van der Waals surface area contributed by atoms with E-state index in [1.165, 1.54) is 12.1 Å². The van der Waals surface area contributed by atoms with Gasteiger partial charge in [-0.05, 0) is 46.2 Å². The first-order valence-electron chi connectivity index (χ1n) is 14.3. The van der Waals surface area contributed by atoms with Gasteiger partial charge in [0, 0.05) is 12.5 Å². The fourth-order valence-corrected chi connectivity index (χ4v) is 6.48. The molecule has 0 saturated heterocycles. The fraction of sp³-hybridized carbons (Fsp3) is 0.333. The summed E-state index contributed by atoms with van der Waals surface area (Å²) in [7, 11) is 0. The Morgan fingerprint density at radius 3 is 1.90 bits per heavy atom. The quantitative estimate of drug-likeness (QED) is 0.351. The minimum atomic E-state index is -0.676. The molecule has 1 N–H and O–H groups in total. The van der Waals surface area contributed by atoms with Gasteiger partial charge in [-0.25, -0.2) is 9.59 Å². The normalized spacial score (nSPS) is 17.0. The second kappa shape index (κ2) is 11.6. The summed E-state index contributed by atoms with van der Waals surface area (Å²) in [5, 5.41) is 3.41. The smallest absolute Gasteiger partial charge is 0.407 e. The predicted octanol–water partition coefficient (Wildman–Crippen LogP) is 5.87. The van der Waals surface area contributed by atoms with E-state index in [4.69, 9.17) is 9.57 Å². The summed E-state index contributed by atoms with van der Waals surface area (Å²) in [6.07, 6.45) is 4.57. The van der Waals surface area contributed by atoms with Crippen LogP contribution in [0.1, 0.15) is 76.3 Å². The number of carbonyl (C=O) groups excluding carboxylic acids is 4. The van der Waals surface area contributed by atoms with Crippen molar-refractivity contribution in [2.24, 2.45) is 11.8 Å². The van der Waals surface area contributed by atoms with E-state index in [2.05, 4.69) is 29.6 Å². The van der Waals surface area contributed by atoms with Crippen LogP contribution in [0.3, 0.4) is 0 Å². The van der Waals surface area contributed by atoms with Gasteiger partial charge in [0.2, 0.25) is 0 Å². The Morgan fingerprint density at radius 1 is 0.780 bits per heavy atom. The van der Waals surface area contributed by atoms with Gasteiger partial charge in [0.05, 0.1) is 17.5 Å². The largest absolute Gasteiger partial charge is 0.449 e. The van der Waals surface area contributed by atoms with E-state index in [-0.39, 0.29) is 48.5 Å². The molecule has 8 nitrogen and oxygen atoms in total. The molecule has 0 aromatic heterocycles. The van der Waals surface area contributed by atoms with Crippen LogP contribution in [-0.4, -0.2) is 42.1 Å². The van der Waals surface area contributed by atoms with Crippen molar-refractivity contribution in [3.05, 3.63) is 95.1 Å². The molecule has 0 bridgehead atoms. The molecule has 0 radical (unpaired) electrons. The highest BCUT2D eigenvalue weighted by atomic mass is 16.7. The minimum Gasteiger partial charge on any atom is -0.449 e. The van der Waals surface area contributed by atoms with E-state index < -0.39 is 23.9 Å². The zero-order valence-electron chi connectivity index (χ0n) is 22.7. The van der Waals surface area contributed by atoms with E-state index in [9.17, 15) is 19.2 Å². The molecular weight excluding hydrogens is 520 g/mol. The lowest BCUT2D eigenvalue weighted by atomic mass is 9.78. The van der Waals surface area contributed by atoms with Crippen LogP contribution in [0.5, 0.6) is 0 Å². The zero-order valence-corrected chi connectivity index (χ0v) is 22.7. The molecule has 2 aliphatic carbocycles. The van der Waals surface area contributed by atoms with Gasteiger partial charge >= 0.3 is 12.1 Å². The Bertz CT molecular complexity index is 1410. The third-order valence-corrected chi connectivity index (χ3v) is 8.55. The molecule has 8 heteroatoms. The maximum Gasteiger partial charge on any atom is 0.407 e. The summed E-state index contributed by atoms with van der Waals surface area (Å²) < 4.78 is 5.69. The van der Waals surface area contributed by atoms with Gasteiger partial charge in [0.1, 0.15) is 6.61 Å². The summed E-state index contributed by atoms with van der Waals surface area (Å²) in [5.74, 6) is -2.01. The monoisotopic (exact) mass is 552 g/mol. The Kier molecular flexibility index (Phi) is 7.55. The molecule has 1 unspecified atom stereocenters. The Balaban J connectivity index is 1.07. The number of hydrogen-bond donors (Lipinski definition) is 1. The molecule has 41 heavy (non-hydrogen) atoms. The van der Waals surface area contributed by atoms with Crippen molar-refractivity contribution in [1.29, 1.82) is 0 Å². The lowest BCUT2D eigenvalue weighted by molar-refractivity contribution is -0.170. The number of hydroxylamine groups is 2. The summed E-state index contributed by atoms with van der Waals surface area (Å²) in [6, 6.07) is 22.7. The van der Waals surface area contributed by atoms with Crippen LogP contribution < -0.4 is 5.32 Å². The number of fused-ring (bicyclic) bond motifs is 4. The number of benzene rings is 3. The van der Waals surface area contributed by atoms with E-state index in [1.807, 2.05) is 24.3 Å². The lowest BCUT2D eigenvalue weighted by Crippen LogP contribution is -2.38. The van der Waals surface area contributed by atoms with Gasteiger partial charge in [0.15, 0.2) is 0 Å². The highest BCUT2D eigenvalue weighted by Crippen LogP contribution is 2.44. The molecule has 1 heterocycles. The van der Waals surface area contributed by atoms with Gasteiger partial charge in [-0.3, -0.25) is 9.59 Å². The second-order valence-corrected chi connectivity index (χ2v) is 11.0. The first-order valence-corrected chi connectivity index (χ1v) is 14.3. The summed E-state index contributed by atoms with van der Waals surface area (Å²) >= 11 is 0. The summed E-state index contributed by atoms with van der Waals surface area (Å²) in [4.78, 5) is 56.3. The van der Waals surface area contributed by atoms with Crippen LogP contribution in [0.4, 0.5) is 4.79 Å². The van der Waals surface area contributed by atoms with Crippen molar-refractivity contribution in [3.63, 3.8) is 0 Å². The van der Waals surface area contributed by atoms with E-state index >= 15 is 0 Å². The highest BCUT2D eigenvalue weighted by molar-refractivity contribution is 6.20. The number of imide groups is 1. The van der Waals surface area contributed by atoms with E-state index in [1.54, 1.807) is 12.1 Å². The predicted molar refractivity (Wildman–Crippen MR) is 151 cm³/mol. The Hall–Kier alpha value is -4.46. The molecule has 3 amide bonds. The van der Waals surface area contributed by atoms with Crippen molar-refractivity contribution in [2.75, 3.05) is 13.2 Å². The van der Waals surface area contributed by atoms with Gasteiger partial charge in [-0.1, -0.05) is 97.8 Å². The number of hydrogen-bond acceptors (Lipinski definition) is 6. The molecule has 210 valence electrons. The summed E-state index contributed by atoms with van der Waals surface area (Å²) in [6.45, 7) is 0.439. The molecule has 3 aromatic rings. The Labute approximate surface area is 238 Å². The van der Waals surface area contributed by atoms with Gasteiger partial charge in [-0.2, -0.15) is 0 Å². The van der Waals surface area contributed by atoms with E-state index in [0.29, 0.717) is 5.06 Å². The number of nitrogens with zero attached hydrogens (tertiary/aromatic N) is 1. The molecule has 3 aliphatic rings. The number of amides is 3. The number of carbonyl (C=O) groups is 4. The van der Waals surface area contributed by atoms with E-state index in [0.717, 1.165) is 54.4 Å². The zero-order chi connectivity index (χ0) is 28.3. The van der Waals surface area contributed by atoms with Crippen LogP contribution in [0.2, 0.25) is 0 Å². The standard InChI is InChI=1S/C33H32N2O6/c36-30(41-35-31(37)27-16-8-9-17-28(27)32(35)38)18-22(21-10-2-1-3-11-21)19-34-33(39)40-20-29-25-14-6-4-12-23(25)24-13-5-7-15-26(24)29/h4-9,12-17,21-22,29H,1-3,10-11,18-20H2,(H,34,39). The SMILES string of the molecule is O=C(CC(CNC(=O)OCC1c2ccccc2-c2ccccc21)C1CCCCC1)ON1C(=O)c2ccccc2C1=O. The molecule has 1 saturated carbocycles. The van der Waals surface area contributed by atoms with Crippen molar-refractivity contribution in [1.82, 2.24) is 10.4 Å². The Morgan fingerprint density at radius 2 is 1.32 bits per heavy atom. The number of ether oxygens (including phenoxy) is 1. The maximum atomic E-state index is 13.0. The van der Waals surface area contributed by atoms with Gasteiger partial charge < -0.3 is 14.9 Å². The van der Waals surface area contributed by atoms with Crippen LogP contribution in [0, 0.1) is 11.8 Å². The first kappa shape index (κ1) is 26.7. The molecule has 1 atom stereocenters.